The number of amides is 2. The average Bonchev–Trinajstić information content (AvgIpc) is 3.99. The van der Waals surface area contributed by atoms with Crippen molar-refractivity contribution >= 4 is 23.5 Å². The minimum absolute atomic E-state index is 0.0491. The van der Waals surface area contributed by atoms with Crippen LogP contribution in [0, 0.1) is 0 Å². The Morgan fingerprint density at radius 3 is 2.20 bits per heavy atom. The highest BCUT2D eigenvalue weighted by Crippen LogP contribution is 2.43. The Kier molecular flexibility index (Phi) is 18.6. The van der Waals surface area contributed by atoms with Crippen LogP contribution in [0.1, 0.15) is 129 Å². The van der Waals surface area contributed by atoms with E-state index in [2.05, 4.69) is 38.0 Å². The predicted octanol–water partition coefficient (Wildman–Crippen LogP) is 13.1. The summed E-state index contributed by atoms with van der Waals surface area (Å²) in [6.45, 7) is 21.9. The van der Waals surface area contributed by atoms with Crippen LogP contribution in [0.25, 0.3) is 11.3 Å². The van der Waals surface area contributed by atoms with E-state index in [1.807, 2.05) is 118 Å². The largest absolute Gasteiger partial charge is 0.489 e. The zero-order valence-electron chi connectivity index (χ0n) is 40.1. The zero-order valence-corrected chi connectivity index (χ0v) is 40.1. The van der Waals surface area contributed by atoms with Crippen LogP contribution in [0.2, 0.25) is 0 Å². The summed E-state index contributed by atoms with van der Waals surface area (Å²) in [4.78, 5) is 45.5. The van der Waals surface area contributed by atoms with Gasteiger partial charge in [-0.25, -0.2) is 4.79 Å². The van der Waals surface area contributed by atoms with E-state index in [9.17, 15) is 14.7 Å². The second-order valence-corrected chi connectivity index (χ2v) is 15.8. The summed E-state index contributed by atoms with van der Waals surface area (Å²) in [6, 6.07) is 29.4. The number of carbonyl (C=O) groups is 3. The fourth-order valence-electron chi connectivity index (χ4n) is 8.32. The summed E-state index contributed by atoms with van der Waals surface area (Å²) in [6.07, 6.45) is 10.3. The van der Waals surface area contributed by atoms with Gasteiger partial charge in [0.25, 0.3) is 11.8 Å². The van der Waals surface area contributed by atoms with E-state index in [0.717, 1.165) is 35.4 Å². The lowest BCUT2D eigenvalue weighted by Gasteiger charge is -2.37. The number of ether oxygens (including phenoxy) is 3. The highest BCUT2D eigenvalue weighted by Gasteiger charge is 2.34. The molecular weight excluding hydrogens is 827 g/mol. The van der Waals surface area contributed by atoms with E-state index in [-0.39, 0.29) is 36.8 Å². The van der Waals surface area contributed by atoms with Gasteiger partial charge in [-0.1, -0.05) is 115 Å². The Morgan fingerprint density at radius 1 is 0.848 bits per heavy atom. The maximum Gasteiger partial charge on any atom is 0.335 e. The van der Waals surface area contributed by atoms with Crippen LogP contribution in [0.15, 0.2) is 133 Å². The van der Waals surface area contributed by atoms with E-state index in [0.29, 0.717) is 77.7 Å². The highest BCUT2D eigenvalue weighted by atomic mass is 16.7. The van der Waals surface area contributed by atoms with Gasteiger partial charge in [-0.2, -0.15) is 0 Å². The molecule has 348 valence electrons. The molecule has 1 atom stereocenters. The standard InChI is InChI=1S/C49H47N3O7.C3H8.2C2H6/c1-4-12-37-29-51(32(3)23-35(37)5-2)47(53)41-27-46-45(58-31-59-46)26-40(41)44-25-42(43-17-9-10-22-50(43)44)48(54)52(28-34-15-11-16-36(24-34)49(55)56)38-18-20-39(21-19-38)57-30-33-13-7-6-8-14-33;1-3-2;2*1-2/h4-8,11-16,18-21,24-27,32H,1,9-10,17,22-23,28-31H2,2-3H3,(H,55,56);3H2,1-2H3;2*1-2H3/b35-5-,37-12-;;;. The lowest BCUT2D eigenvalue weighted by Crippen LogP contribution is -2.44. The molecule has 4 heterocycles. The van der Waals surface area contributed by atoms with Gasteiger partial charge < -0.3 is 33.7 Å². The minimum atomic E-state index is -1.04. The number of fused-ring (bicyclic) bond motifs is 2. The normalized spacial score (nSPS) is 15.8. The first-order valence-corrected chi connectivity index (χ1v) is 23.5. The molecule has 10 heteroatoms. The summed E-state index contributed by atoms with van der Waals surface area (Å²) in [5, 5.41) is 9.78. The molecule has 0 spiro atoms. The first kappa shape index (κ1) is 50.2. The molecule has 1 aromatic heterocycles. The molecule has 1 unspecified atom stereocenters. The molecule has 0 aliphatic carbocycles. The van der Waals surface area contributed by atoms with Gasteiger partial charge >= 0.3 is 5.97 Å². The molecule has 0 saturated carbocycles. The van der Waals surface area contributed by atoms with Crippen LogP contribution >= 0.6 is 0 Å². The summed E-state index contributed by atoms with van der Waals surface area (Å²) < 4.78 is 19.9. The molecule has 0 bridgehead atoms. The first-order valence-electron chi connectivity index (χ1n) is 23.5. The van der Waals surface area contributed by atoms with Crippen LogP contribution in [0.3, 0.4) is 0 Å². The van der Waals surface area contributed by atoms with Gasteiger partial charge in [0.05, 0.1) is 23.2 Å². The molecule has 66 heavy (non-hydrogen) atoms. The van der Waals surface area contributed by atoms with Gasteiger partial charge in [-0.05, 0) is 116 Å². The maximum absolute atomic E-state index is 15.2. The molecular formula is C56H67N3O7. The fourth-order valence-corrected chi connectivity index (χ4v) is 8.32. The second-order valence-electron chi connectivity index (χ2n) is 15.8. The summed E-state index contributed by atoms with van der Waals surface area (Å²) >= 11 is 0. The molecule has 4 aromatic carbocycles. The third-order valence-electron chi connectivity index (χ3n) is 11.4. The molecule has 8 rings (SSSR count). The molecule has 5 aromatic rings. The highest BCUT2D eigenvalue weighted by molar-refractivity contribution is 6.09. The molecule has 10 nitrogen and oxygen atoms in total. The van der Waals surface area contributed by atoms with Gasteiger partial charge in [0.2, 0.25) is 6.79 Å². The molecule has 3 aliphatic rings. The van der Waals surface area contributed by atoms with Crippen LogP contribution in [-0.4, -0.2) is 51.7 Å². The topological polar surface area (TPSA) is 111 Å². The number of likely N-dealkylation sites (tertiary alicyclic amines) is 1. The number of hydrogen-bond donors (Lipinski definition) is 1. The van der Waals surface area contributed by atoms with Gasteiger partial charge in [0, 0.05) is 41.8 Å². The van der Waals surface area contributed by atoms with Crippen LogP contribution in [-0.2, 0) is 26.1 Å². The van der Waals surface area contributed by atoms with Crippen molar-refractivity contribution in [1.82, 2.24) is 9.47 Å². The van der Waals surface area contributed by atoms with Crippen molar-refractivity contribution in [3.63, 3.8) is 0 Å². The number of hydrogen-bond acceptors (Lipinski definition) is 6. The van der Waals surface area contributed by atoms with Crippen molar-refractivity contribution in [1.29, 1.82) is 0 Å². The number of allylic oxidation sites excluding steroid dienone is 3. The van der Waals surface area contributed by atoms with Gasteiger partial charge in [-0.15, -0.1) is 0 Å². The monoisotopic (exact) mass is 893 g/mol. The Labute approximate surface area is 391 Å². The molecule has 0 radical (unpaired) electrons. The fraction of sp³-hybridized carbons (Fsp3) is 0.339. The summed E-state index contributed by atoms with van der Waals surface area (Å²) in [5.74, 6) is 0.282. The quantitative estimate of drug-likeness (QED) is 0.141. The number of carboxylic acid groups (broad SMARTS) is 1. The molecule has 1 N–H and O–H groups in total. The predicted molar refractivity (Wildman–Crippen MR) is 266 cm³/mol. The Bertz CT molecular complexity index is 2500. The Morgan fingerprint density at radius 2 is 1.53 bits per heavy atom. The van der Waals surface area contributed by atoms with Crippen molar-refractivity contribution in [3.8, 4) is 28.5 Å². The minimum Gasteiger partial charge on any atom is -0.489 e. The second kappa shape index (κ2) is 24.5. The third kappa shape index (κ3) is 11.7. The van der Waals surface area contributed by atoms with Gasteiger partial charge in [0.15, 0.2) is 11.5 Å². The Balaban J connectivity index is 0.00000111. The van der Waals surface area contributed by atoms with Crippen molar-refractivity contribution in [2.24, 2.45) is 0 Å². The number of piperidine rings is 1. The molecule has 1 saturated heterocycles. The van der Waals surface area contributed by atoms with Crippen LogP contribution in [0.4, 0.5) is 5.69 Å². The number of rotatable bonds is 11. The van der Waals surface area contributed by atoms with Crippen molar-refractivity contribution < 1.29 is 33.7 Å². The number of anilines is 1. The first-order chi connectivity index (χ1) is 32.1. The number of benzene rings is 4. The van der Waals surface area contributed by atoms with E-state index < -0.39 is 5.97 Å². The van der Waals surface area contributed by atoms with E-state index in [1.54, 1.807) is 29.2 Å². The zero-order chi connectivity index (χ0) is 47.8. The number of carboxylic acids is 1. The van der Waals surface area contributed by atoms with Crippen molar-refractivity contribution in [2.45, 2.75) is 113 Å². The van der Waals surface area contributed by atoms with Gasteiger partial charge in [0.1, 0.15) is 12.4 Å². The van der Waals surface area contributed by atoms with E-state index in [1.165, 1.54) is 18.1 Å². The number of carbonyl (C=O) groups excluding carboxylic acids is 2. The number of nitrogens with zero attached hydrogens (tertiary/aromatic N) is 3. The summed E-state index contributed by atoms with van der Waals surface area (Å²) in [5.41, 5.74) is 8.02. The Hall–Kier alpha value is -6.81. The van der Waals surface area contributed by atoms with Crippen LogP contribution in [0.5, 0.6) is 17.2 Å². The van der Waals surface area contributed by atoms with Gasteiger partial charge in [-0.3, -0.25) is 9.59 Å². The van der Waals surface area contributed by atoms with E-state index >= 15 is 4.79 Å². The molecule has 2 amide bonds. The SMILES string of the molecule is C=C/C=C1/CN(C(=O)c2cc3c(cc2-c2cc(C(=O)N(Cc4cccc(C(=O)O)c4)c4ccc(OCc5ccccc5)cc4)c4n2CCCC4)OCO3)C(C)C/C1=C/C.CC.CC.CCC. The maximum atomic E-state index is 15.2. The lowest BCUT2D eigenvalue weighted by atomic mass is 9.91. The molecule has 1 fully saturated rings. The average molecular weight is 894 g/mol. The third-order valence-corrected chi connectivity index (χ3v) is 11.4. The summed E-state index contributed by atoms with van der Waals surface area (Å²) in [7, 11) is 0. The smallest absolute Gasteiger partial charge is 0.335 e. The van der Waals surface area contributed by atoms with Crippen molar-refractivity contribution in [3.05, 3.63) is 167 Å². The van der Waals surface area contributed by atoms with Crippen LogP contribution < -0.4 is 19.1 Å². The number of aromatic nitrogens is 1. The lowest BCUT2D eigenvalue weighted by molar-refractivity contribution is 0.0687. The number of aromatic carboxylic acids is 1. The van der Waals surface area contributed by atoms with E-state index in [4.69, 9.17) is 14.2 Å². The van der Waals surface area contributed by atoms with Crippen molar-refractivity contribution in [2.75, 3.05) is 18.2 Å². The molecule has 3 aliphatic heterocycles.